The van der Waals surface area contributed by atoms with Crippen molar-refractivity contribution >= 4 is 5.97 Å². The molecular weight excluding hydrogens is 196 g/mol. The van der Waals surface area contributed by atoms with E-state index < -0.39 is 5.97 Å². The molecule has 6 nitrogen and oxygen atoms in total. The molecular formula is C9H14N4O2. The number of nitrogens with zero attached hydrogens (tertiary/aromatic N) is 4. The average Bonchev–Trinajstić information content (AvgIpc) is 2.78. The summed E-state index contributed by atoms with van der Waals surface area (Å²) in [6.07, 6.45) is 4.83. The molecule has 15 heavy (non-hydrogen) atoms. The number of rotatable bonds is 4. The molecule has 1 aromatic rings. The van der Waals surface area contributed by atoms with Crippen LogP contribution in [0.2, 0.25) is 0 Å². The molecule has 0 amide bonds. The Labute approximate surface area is 87.3 Å². The van der Waals surface area contributed by atoms with E-state index in [1.54, 1.807) is 4.68 Å². The molecule has 1 aromatic heterocycles. The largest absolute Gasteiger partial charge is 0.481 e. The van der Waals surface area contributed by atoms with E-state index in [2.05, 4.69) is 15.5 Å². The molecule has 1 aliphatic rings. The van der Waals surface area contributed by atoms with Crippen LogP contribution in [0.3, 0.4) is 0 Å². The Morgan fingerprint density at radius 3 is 2.87 bits per heavy atom. The van der Waals surface area contributed by atoms with Gasteiger partial charge in [0, 0.05) is 6.54 Å². The van der Waals surface area contributed by atoms with Gasteiger partial charge in [-0.1, -0.05) is 12.8 Å². The minimum absolute atomic E-state index is 0.0975. The van der Waals surface area contributed by atoms with Gasteiger partial charge in [-0.05, 0) is 29.2 Å². The Bertz CT molecular complexity index is 344. The van der Waals surface area contributed by atoms with Crippen LogP contribution in [-0.2, 0) is 17.8 Å². The summed E-state index contributed by atoms with van der Waals surface area (Å²) in [5, 5.41) is 19.7. The standard InChI is InChI=1S/C9H14N4O2/c14-9(15)5-8-10-11-12-13(8)6-7-3-1-2-4-7/h7H,1-6H2,(H,14,15). The van der Waals surface area contributed by atoms with Crippen LogP contribution in [0.25, 0.3) is 0 Å². The monoisotopic (exact) mass is 210 g/mol. The van der Waals surface area contributed by atoms with Crippen molar-refractivity contribution in [1.82, 2.24) is 20.2 Å². The third-order valence-corrected chi connectivity index (χ3v) is 2.82. The van der Waals surface area contributed by atoms with Gasteiger partial charge in [0.25, 0.3) is 0 Å². The number of hydrogen-bond donors (Lipinski definition) is 1. The fourth-order valence-corrected chi connectivity index (χ4v) is 2.06. The molecule has 6 heteroatoms. The lowest BCUT2D eigenvalue weighted by Gasteiger charge is -2.08. The molecule has 0 unspecified atom stereocenters. The van der Waals surface area contributed by atoms with Gasteiger partial charge in [-0.25, -0.2) is 4.68 Å². The second-order valence-corrected chi connectivity index (χ2v) is 4.00. The second-order valence-electron chi connectivity index (χ2n) is 4.00. The Kier molecular flexibility index (Phi) is 2.94. The summed E-state index contributed by atoms with van der Waals surface area (Å²) in [5.41, 5.74) is 0. The molecule has 1 aliphatic carbocycles. The summed E-state index contributed by atoms with van der Waals surface area (Å²) in [4.78, 5) is 10.5. The van der Waals surface area contributed by atoms with Crippen LogP contribution in [0.15, 0.2) is 0 Å². The van der Waals surface area contributed by atoms with Crippen molar-refractivity contribution in [3.8, 4) is 0 Å². The molecule has 0 saturated heterocycles. The van der Waals surface area contributed by atoms with Crippen molar-refractivity contribution in [3.05, 3.63) is 5.82 Å². The molecule has 0 spiro atoms. The maximum Gasteiger partial charge on any atom is 0.311 e. The van der Waals surface area contributed by atoms with E-state index in [1.807, 2.05) is 0 Å². The molecule has 82 valence electrons. The van der Waals surface area contributed by atoms with Gasteiger partial charge in [-0.3, -0.25) is 4.79 Å². The highest BCUT2D eigenvalue weighted by Crippen LogP contribution is 2.25. The van der Waals surface area contributed by atoms with E-state index in [0.717, 1.165) is 6.54 Å². The van der Waals surface area contributed by atoms with Crippen LogP contribution in [0.4, 0.5) is 0 Å². The smallest absolute Gasteiger partial charge is 0.311 e. The maximum atomic E-state index is 10.5. The van der Waals surface area contributed by atoms with E-state index in [0.29, 0.717) is 11.7 Å². The topological polar surface area (TPSA) is 80.9 Å². The van der Waals surface area contributed by atoms with Crippen LogP contribution in [0.1, 0.15) is 31.5 Å². The molecule has 2 rings (SSSR count). The summed E-state index contributed by atoms with van der Waals surface area (Å²) in [7, 11) is 0. The fraction of sp³-hybridized carbons (Fsp3) is 0.778. The zero-order valence-corrected chi connectivity index (χ0v) is 8.46. The van der Waals surface area contributed by atoms with Gasteiger partial charge >= 0.3 is 5.97 Å². The molecule has 1 fully saturated rings. The Hall–Kier alpha value is -1.46. The van der Waals surface area contributed by atoms with Crippen molar-refractivity contribution in [2.45, 2.75) is 38.6 Å². The van der Waals surface area contributed by atoms with Gasteiger partial charge in [-0.2, -0.15) is 0 Å². The normalized spacial score (nSPS) is 17.1. The van der Waals surface area contributed by atoms with Crippen LogP contribution in [0.5, 0.6) is 0 Å². The summed E-state index contributed by atoms with van der Waals surface area (Å²) < 4.78 is 1.63. The lowest BCUT2D eigenvalue weighted by Crippen LogP contribution is -2.15. The van der Waals surface area contributed by atoms with Crippen molar-refractivity contribution in [2.75, 3.05) is 0 Å². The van der Waals surface area contributed by atoms with E-state index in [9.17, 15) is 4.79 Å². The molecule has 1 heterocycles. The van der Waals surface area contributed by atoms with Crippen molar-refractivity contribution in [2.24, 2.45) is 5.92 Å². The molecule has 0 atom stereocenters. The van der Waals surface area contributed by atoms with Crippen LogP contribution >= 0.6 is 0 Å². The predicted octanol–water partition coefficient (Wildman–Crippen LogP) is 0.490. The van der Waals surface area contributed by atoms with Crippen LogP contribution < -0.4 is 0 Å². The Balaban J connectivity index is 2.00. The van der Waals surface area contributed by atoms with Gasteiger partial charge in [-0.15, -0.1) is 5.10 Å². The third kappa shape index (κ3) is 2.51. The minimum atomic E-state index is -0.891. The SMILES string of the molecule is O=C(O)Cc1nnnn1CC1CCCC1. The first kappa shape index (κ1) is 10.1. The summed E-state index contributed by atoms with van der Waals surface area (Å²) >= 11 is 0. The molecule has 0 aromatic carbocycles. The first-order valence-electron chi connectivity index (χ1n) is 5.22. The van der Waals surface area contributed by atoms with Gasteiger partial charge < -0.3 is 5.11 Å². The highest BCUT2D eigenvalue weighted by atomic mass is 16.4. The number of hydrogen-bond acceptors (Lipinski definition) is 4. The van der Waals surface area contributed by atoms with E-state index in [1.165, 1.54) is 25.7 Å². The minimum Gasteiger partial charge on any atom is -0.481 e. The molecule has 0 bridgehead atoms. The molecule has 1 N–H and O–H groups in total. The molecule has 1 saturated carbocycles. The van der Waals surface area contributed by atoms with E-state index in [-0.39, 0.29) is 6.42 Å². The first-order valence-corrected chi connectivity index (χ1v) is 5.22. The fourth-order valence-electron chi connectivity index (χ4n) is 2.06. The van der Waals surface area contributed by atoms with Crippen molar-refractivity contribution < 1.29 is 9.90 Å². The third-order valence-electron chi connectivity index (χ3n) is 2.82. The van der Waals surface area contributed by atoms with Crippen molar-refractivity contribution in [1.29, 1.82) is 0 Å². The quantitative estimate of drug-likeness (QED) is 0.782. The second kappa shape index (κ2) is 4.37. The summed E-state index contributed by atoms with van der Waals surface area (Å²) in [6.45, 7) is 0.760. The average molecular weight is 210 g/mol. The van der Waals surface area contributed by atoms with Gasteiger partial charge in [0.15, 0.2) is 5.82 Å². The van der Waals surface area contributed by atoms with Gasteiger partial charge in [0.05, 0.1) is 0 Å². The number of carboxylic acids is 1. The summed E-state index contributed by atoms with van der Waals surface area (Å²) in [5.74, 6) is 0.174. The van der Waals surface area contributed by atoms with Gasteiger partial charge in [0.2, 0.25) is 0 Å². The van der Waals surface area contributed by atoms with E-state index in [4.69, 9.17) is 5.11 Å². The summed E-state index contributed by atoms with van der Waals surface area (Å²) in [6, 6.07) is 0. The maximum absolute atomic E-state index is 10.5. The number of aliphatic carboxylic acids is 1. The van der Waals surface area contributed by atoms with Crippen LogP contribution in [0, 0.1) is 5.92 Å². The van der Waals surface area contributed by atoms with Crippen LogP contribution in [-0.4, -0.2) is 31.3 Å². The number of carboxylic acid groups (broad SMARTS) is 1. The number of carbonyl (C=O) groups is 1. The predicted molar refractivity (Wildman–Crippen MR) is 51.1 cm³/mol. The van der Waals surface area contributed by atoms with Gasteiger partial charge in [0.1, 0.15) is 6.42 Å². The highest BCUT2D eigenvalue weighted by Gasteiger charge is 2.18. The number of aromatic nitrogens is 4. The molecule has 0 aliphatic heterocycles. The van der Waals surface area contributed by atoms with E-state index >= 15 is 0 Å². The lowest BCUT2D eigenvalue weighted by atomic mass is 10.1. The zero-order chi connectivity index (χ0) is 10.7. The van der Waals surface area contributed by atoms with Crippen molar-refractivity contribution in [3.63, 3.8) is 0 Å². The first-order chi connectivity index (χ1) is 7.25. The molecule has 0 radical (unpaired) electrons. The Morgan fingerprint density at radius 1 is 1.47 bits per heavy atom. The highest BCUT2D eigenvalue weighted by molar-refractivity contribution is 5.68. The Morgan fingerprint density at radius 2 is 2.20 bits per heavy atom. The number of tetrazole rings is 1. The lowest BCUT2D eigenvalue weighted by molar-refractivity contribution is -0.136. The zero-order valence-electron chi connectivity index (χ0n) is 8.46.